The number of benzene rings is 2. The lowest BCUT2D eigenvalue weighted by atomic mass is 10.1. The van der Waals surface area contributed by atoms with Gasteiger partial charge in [-0.1, -0.05) is 22.8 Å². The monoisotopic (exact) mass is 341 g/mol. The third kappa shape index (κ3) is 3.00. The molecule has 2 heterocycles. The predicted octanol–water partition coefficient (Wildman–Crippen LogP) is 4.59. The lowest BCUT2D eigenvalue weighted by Gasteiger charge is -2.12. The van der Waals surface area contributed by atoms with E-state index in [1.54, 1.807) is 12.1 Å². The molecule has 0 spiro atoms. The molecular weight excluding hydrogens is 326 g/mol. The number of anilines is 1. The van der Waals surface area contributed by atoms with Gasteiger partial charge in [-0.15, -0.1) is 0 Å². The molecule has 0 saturated carbocycles. The van der Waals surface area contributed by atoms with Crippen LogP contribution in [0.25, 0.3) is 11.4 Å². The fraction of sp³-hybridized carbons (Fsp3) is 0.222. The fourth-order valence-corrected chi connectivity index (χ4v) is 2.83. The topological polar surface area (TPSA) is 60.2 Å². The minimum absolute atomic E-state index is 0.0982. The van der Waals surface area contributed by atoms with Gasteiger partial charge in [-0.2, -0.15) is 4.98 Å². The molecule has 1 aromatic heterocycles. The molecule has 0 saturated heterocycles. The van der Waals surface area contributed by atoms with Crippen LogP contribution in [0.4, 0.5) is 5.69 Å². The highest BCUT2D eigenvalue weighted by molar-refractivity contribution is 6.30. The van der Waals surface area contributed by atoms with Crippen molar-refractivity contribution in [1.82, 2.24) is 10.1 Å². The standard InChI is InChI=1S/C18H16ClN3O2/c1-11(20-16-7-4-13-9-23-10-14(13)8-16)18-21-17(22-24-18)12-2-5-15(19)6-3-12/h2-8,11,20H,9-10H2,1H3/t11-/m0/s1. The molecule has 2 aromatic carbocycles. The van der Waals surface area contributed by atoms with Crippen LogP contribution in [0.3, 0.4) is 0 Å². The van der Waals surface area contributed by atoms with Crippen LogP contribution in [0.5, 0.6) is 0 Å². The Labute approximate surface area is 144 Å². The molecule has 0 amide bonds. The van der Waals surface area contributed by atoms with E-state index >= 15 is 0 Å². The van der Waals surface area contributed by atoms with Crippen molar-refractivity contribution in [3.05, 3.63) is 64.5 Å². The summed E-state index contributed by atoms with van der Waals surface area (Å²) in [7, 11) is 0. The first-order valence-corrected chi connectivity index (χ1v) is 8.12. The summed E-state index contributed by atoms with van der Waals surface area (Å²) in [5.41, 5.74) is 4.35. The molecule has 1 aliphatic rings. The second kappa shape index (κ2) is 6.26. The van der Waals surface area contributed by atoms with Gasteiger partial charge in [-0.05, 0) is 54.4 Å². The number of fused-ring (bicyclic) bond motifs is 1. The first-order valence-electron chi connectivity index (χ1n) is 7.75. The Morgan fingerprint density at radius 3 is 2.71 bits per heavy atom. The van der Waals surface area contributed by atoms with Gasteiger partial charge in [0.2, 0.25) is 11.7 Å². The van der Waals surface area contributed by atoms with E-state index < -0.39 is 0 Å². The highest BCUT2D eigenvalue weighted by atomic mass is 35.5. The second-order valence-electron chi connectivity index (χ2n) is 5.81. The molecule has 3 aromatic rings. The molecule has 122 valence electrons. The molecule has 5 nitrogen and oxygen atoms in total. The molecule has 0 aliphatic carbocycles. The van der Waals surface area contributed by atoms with E-state index in [9.17, 15) is 0 Å². The van der Waals surface area contributed by atoms with Crippen molar-refractivity contribution >= 4 is 17.3 Å². The zero-order valence-electron chi connectivity index (χ0n) is 13.1. The molecule has 4 rings (SSSR count). The Morgan fingerprint density at radius 1 is 1.08 bits per heavy atom. The molecule has 24 heavy (non-hydrogen) atoms. The summed E-state index contributed by atoms with van der Waals surface area (Å²) < 4.78 is 10.8. The van der Waals surface area contributed by atoms with Crippen LogP contribution in [0.1, 0.15) is 30.0 Å². The molecule has 6 heteroatoms. The maximum Gasteiger partial charge on any atom is 0.249 e. The lowest BCUT2D eigenvalue weighted by molar-refractivity contribution is 0.134. The van der Waals surface area contributed by atoms with Crippen molar-refractivity contribution in [3.63, 3.8) is 0 Å². The third-order valence-electron chi connectivity index (χ3n) is 4.02. The van der Waals surface area contributed by atoms with Crippen LogP contribution in [0, 0.1) is 0 Å². The summed E-state index contributed by atoms with van der Waals surface area (Å²) in [5, 5.41) is 8.12. The molecule has 0 unspecified atom stereocenters. The normalized spacial score (nSPS) is 14.4. The maximum atomic E-state index is 5.90. The Bertz CT molecular complexity index is 861. The maximum absolute atomic E-state index is 5.90. The van der Waals surface area contributed by atoms with Crippen molar-refractivity contribution in [2.24, 2.45) is 0 Å². The van der Waals surface area contributed by atoms with E-state index in [0.29, 0.717) is 30.0 Å². The van der Waals surface area contributed by atoms with Gasteiger partial charge in [0, 0.05) is 16.3 Å². The minimum Gasteiger partial charge on any atom is -0.374 e. The fourth-order valence-electron chi connectivity index (χ4n) is 2.70. The van der Waals surface area contributed by atoms with Crippen LogP contribution in [0.2, 0.25) is 5.02 Å². The number of hydrogen-bond acceptors (Lipinski definition) is 5. The molecule has 1 atom stereocenters. The zero-order valence-corrected chi connectivity index (χ0v) is 13.9. The molecule has 1 N–H and O–H groups in total. The Balaban J connectivity index is 1.50. The zero-order chi connectivity index (χ0) is 16.5. The summed E-state index contributed by atoms with van der Waals surface area (Å²) in [4.78, 5) is 4.47. The van der Waals surface area contributed by atoms with Gasteiger partial charge in [-0.3, -0.25) is 0 Å². The molecule has 0 radical (unpaired) electrons. The summed E-state index contributed by atoms with van der Waals surface area (Å²) >= 11 is 5.90. The summed E-state index contributed by atoms with van der Waals surface area (Å²) in [5.74, 6) is 1.09. The summed E-state index contributed by atoms with van der Waals surface area (Å²) in [6.07, 6.45) is 0. The molecule has 0 bridgehead atoms. The van der Waals surface area contributed by atoms with Gasteiger partial charge in [-0.25, -0.2) is 0 Å². The average molecular weight is 342 g/mol. The van der Waals surface area contributed by atoms with E-state index in [1.165, 1.54) is 11.1 Å². The Morgan fingerprint density at radius 2 is 1.88 bits per heavy atom. The van der Waals surface area contributed by atoms with Crippen LogP contribution >= 0.6 is 11.6 Å². The molecular formula is C18H16ClN3O2. The van der Waals surface area contributed by atoms with Crippen molar-refractivity contribution in [2.75, 3.05) is 5.32 Å². The SMILES string of the molecule is C[C@H](Nc1ccc2c(c1)COC2)c1nc(-c2ccc(Cl)cc2)no1. The van der Waals surface area contributed by atoms with Gasteiger partial charge >= 0.3 is 0 Å². The highest BCUT2D eigenvalue weighted by Gasteiger charge is 2.17. The third-order valence-corrected chi connectivity index (χ3v) is 4.27. The van der Waals surface area contributed by atoms with Crippen molar-refractivity contribution < 1.29 is 9.26 Å². The van der Waals surface area contributed by atoms with Gasteiger partial charge < -0.3 is 14.6 Å². The van der Waals surface area contributed by atoms with Crippen LogP contribution in [-0.4, -0.2) is 10.1 Å². The highest BCUT2D eigenvalue weighted by Crippen LogP contribution is 2.26. The van der Waals surface area contributed by atoms with Gasteiger partial charge in [0.05, 0.1) is 13.2 Å². The lowest BCUT2D eigenvalue weighted by Crippen LogP contribution is -2.07. The van der Waals surface area contributed by atoms with E-state index in [4.69, 9.17) is 20.9 Å². The summed E-state index contributed by atoms with van der Waals surface area (Å²) in [6.45, 7) is 3.35. The number of nitrogens with zero attached hydrogens (tertiary/aromatic N) is 2. The summed E-state index contributed by atoms with van der Waals surface area (Å²) in [6, 6.07) is 13.5. The first-order chi connectivity index (χ1) is 11.7. The van der Waals surface area contributed by atoms with Crippen LogP contribution < -0.4 is 5.32 Å². The largest absolute Gasteiger partial charge is 0.374 e. The number of halogens is 1. The predicted molar refractivity (Wildman–Crippen MR) is 91.7 cm³/mol. The number of aromatic nitrogens is 2. The quantitative estimate of drug-likeness (QED) is 0.751. The molecule has 1 aliphatic heterocycles. The number of hydrogen-bond donors (Lipinski definition) is 1. The minimum atomic E-state index is -0.0982. The Kier molecular flexibility index (Phi) is 3.96. The smallest absolute Gasteiger partial charge is 0.249 e. The first kappa shape index (κ1) is 15.2. The molecule has 0 fully saturated rings. The van der Waals surface area contributed by atoms with Crippen molar-refractivity contribution in [2.45, 2.75) is 26.2 Å². The van der Waals surface area contributed by atoms with Crippen LogP contribution in [0.15, 0.2) is 47.0 Å². The van der Waals surface area contributed by atoms with Gasteiger partial charge in [0.25, 0.3) is 0 Å². The number of nitrogens with one attached hydrogen (secondary N) is 1. The van der Waals surface area contributed by atoms with E-state index in [2.05, 4.69) is 27.6 Å². The van der Waals surface area contributed by atoms with Crippen molar-refractivity contribution in [3.8, 4) is 11.4 Å². The van der Waals surface area contributed by atoms with Gasteiger partial charge in [0.1, 0.15) is 6.04 Å². The van der Waals surface area contributed by atoms with Crippen molar-refractivity contribution in [1.29, 1.82) is 0 Å². The van der Waals surface area contributed by atoms with E-state index in [1.807, 2.05) is 25.1 Å². The number of rotatable bonds is 4. The van der Waals surface area contributed by atoms with E-state index in [-0.39, 0.29) is 6.04 Å². The van der Waals surface area contributed by atoms with Gasteiger partial charge in [0.15, 0.2) is 0 Å². The number of ether oxygens (including phenoxy) is 1. The van der Waals surface area contributed by atoms with Crippen LogP contribution in [-0.2, 0) is 18.0 Å². The average Bonchev–Trinajstić information content (AvgIpc) is 3.24. The Hall–Kier alpha value is -2.37. The van der Waals surface area contributed by atoms with E-state index in [0.717, 1.165) is 11.3 Å². The second-order valence-corrected chi connectivity index (χ2v) is 6.24.